The van der Waals surface area contributed by atoms with Gasteiger partial charge in [-0.2, -0.15) is 0 Å². The summed E-state index contributed by atoms with van der Waals surface area (Å²) in [7, 11) is 0. The second-order valence-electron chi connectivity index (χ2n) is 5.10. The summed E-state index contributed by atoms with van der Waals surface area (Å²) in [6.07, 6.45) is 0. The van der Waals surface area contributed by atoms with Crippen molar-refractivity contribution in [1.29, 1.82) is 0 Å². The fraction of sp³-hybridized carbons (Fsp3) is 0.0625. The van der Waals surface area contributed by atoms with Crippen LogP contribution in [0.2, 0.25) is 5.02 Å². The van der Waals surface area contributed by atoms with E-state index in [0.717, 1.165) is 6.07 Å². The van der Waals surface area contributed by atoms with E-state index in [1.807, 2.05) is 0 Å². The van der Waals surface area contributed by atoms with Crippen LogP contribution in [0.4, 0.5) is 11.4 Å². The average molecular weight is 377 g/mol. The molecule has 2 aromatic carbocycles. The summed E-state index contributed by atoms with van der Waals surface area (Å²) < 4.78 is 0. The van der Waals surface area contributed by atoms with Crippen LogP contribution in [0, 0.1) is 10.1 Å². The molecule has 26 heavy (non-hydrogen) atoms. The first kappa shape index (κ1) is 18.9. The predicted octanol–water partition coefficient (Wildman–Crippen LogP) is 1.72. The Bertz CT molecular complexity index is 883. The smallest absolute Gasteiger partial charge is 0.288 e. The number of rotatable bonds is 6. The van der Waals surface area contributed by atoms with Gasteiger partial charge in [-0.15, -0.1) is 0 Å². The summed E-state index contributed by atoms with van der Waals surface area (Å²) in [6.45, 7) is -0.285. The van der Waals surface area contributed by atoms with Gasteiger partial charge in [0.1, 0.15) is 5.02 Å². The molecular formula is C16H13ClN4O5. The number of hydrogen-bond donors (Lipinski definition) is 3. The maximum atomic E-state index is 12.2. The fourth-order valence-corrected chi connectivity index (χ4v) is 2.16. The Hall–Kier alpha value is -3.46. The number of halogens is 1. The number of nitrogens with two attached hydrogens (primary N) is 1. The molecule has 0 unspecified atom stereocenters. The molecular weight excluding hydrogens is 364 g/mol. The molecule has 0 radical (unpaired) electrons. The molecule has 0 spiro atoms. The minimum atomic E-state index is -0.682. The molecule has 0 fully saturated rings. The molecule has 0 saturated heterocycles. The van der Waals surface area contributed by atoms with Gasteiger partial charge in [0.15, 0.2) is 0 Å². The monoisotopic (exact) mass is 376 g/mol. The molecule has 134 valence electrons. The second kappa shape index (κ2) is 8.08. The van der Waals surface area contributed by atoms with Crippen LogP contribution >= 0.6 is 11.6 Å². The number of nitro groups is 1. The minimum absolute atomic E-state index is 0.0596. The van der Waals surface area contributed by atoms with Gasteiger partial charge in [0.2, 0.25) is 5.91 Å². The molecule has 9 nitrogen and oxygen atoms in total. The minimum Gasteiger partial charge on any atom is -0.368 e. The number of nitro benzene ring substituents is 1. The summed E-state index contributed by atoms with van der Waals surface area (Å²) in [5, 5.41) is 15.7. The topological polar surface area (TPSA) is 144 Å². The zero-order valence-electron chi connectivity index (χ0n) is 13.2. The van der Waals surface area contributed by atoms with Crippen molar-refractivity contribution in [3.63, 3.8) is 0 Å². The molecule has 0 aliphatic heterocycles. The van der Waals surface area contributed by atoms with Gasteiger partial charge in [-0.1, -0.05) is 11.6 Å². The molecule has 0 heterocycles. The van der Waals surface area contributed by atoms with Crippen LogP contribution in [-0.2, 0) is 4.79 Å². The maximum absolute atomic E-state index is 12.2. The van der Waals surface area contributed by atoms with E-state index >= 15 is 0 Å². The van der Waals surface area contributed by atoms with E-state index in [0.29, 0.717) is 5.69 Å². The van der Waals surface area contributed by atoms with Crippen LogP contribution < -0.4 is 16.4 Å². The van der Waals surface area contributed by atoms with Crippen LogP contribution in [0.15, 0.2) is 42.5 Å². The molecule has 0 atom stereocenters. The Morgan fingerprint density at radius 2 is 1.65 bits per heavy atom. The quantitative estimate of drug-likeness (QED) is 0.519. The molecule has 3 amide bonds. The first-order chi connectivity index (χ1) is 12.3. The molecule has 0 aliphatic carbocycles. The normalized spacial score (nSPS) is 10.0. The van der Waals surface area contributed by atoms with Gasteiger partial charge in [0, 0.05) is 22.9 Å². The van der Waals surface area contributed by atoms with Gasteiger partial charge < -0.3 is 16.4 Å². The van der Waals surface area contributed by atoms with E-state index in [4.69, 9.17) is 17.3 Å². The van der Waals surface area contributed by atoms with Gasteiger partial charge in [0.05, 0.1) is 11.5 Å². The van der Waals surface area contributed by atoms with Gasteiger partial charge in [-0.25, -0.2) is 0 Å². The number of hydrogen-bond acceptors (Lipinski definition) is 5. The number of carbonyl (C=O) groups is 3. The van der Waals surface area contributed by atoms with Crippen molar-refractivity contribution in [1.82, 2.24) is 5.32 Å². The lowest BCUT2D eigenvalue weighted by atomic mass is 10.1. The molecule has 0 aromatic heterocycles. The molecule has 2 rings (SSSR count). The van der Waals surface area contributed by atoms with Crippen LogP contribution in [-0.4, -0.2) is 29.2 Å². The van der Waals surface area contributed by atoms with E-state index in [2.05, 4.69) is 10.6 Å². The van der Waals surface area contributed by atoms with E-state index < -0.39 is 22.6 Å². The Morgan fingerprint density at radius 3 is 2.23 bits per heavy atom. The summed E-state index contributed by atoms with van der Waals surface area (Å²) in [5.41, 5.74) is 5.27. The van der Waals surface area contributed by atoms with Crippen molar-refractivity contribution in [2.45, 2.75) is 0 Å². The number of nitrogens with one attached hydrogen (secondary N) is 2. The largest absolute Gasteiger partial charge is 0.368 e. The van der Waals surface area contributed by atoms with Crippen molar-refractivity contribution in [3.05, 3.63) is 68.7 Å². The number of benzene rings is 2. The Kier molecular flexibility index (Phi) is 5.86. The number of primary amides is 1. The van der Waals surface area contributed by atoms with E-state index in [9.17, 15) is 24.5 Å². The van der Waals surface area contributed by atoms with Crippen LogP contribution in [0.1, 0.15) is 20.7 Å². The highest BCUT2D eigenvalue weighted by molar-refractivity contribution is 6.32. The molecule has 2 aromatic rings. The van der Waals surface area contributed by atoms with Crippen LogP contribution in [0.25, 0.3) is 0 Å². The SMILES string of the molecule is NC(=O)CNC(=O)c1ccc(NC(=O)c2ccc(Cl)c([N+](=O)[O-])c2)cc1. The third-order valence-corrected chi connectivity index (χ3v) is 3.55. The van der Waals surface area contributed by atoms with E-state index in [1.54, 1.807) is 0 Å². The summed E-state index contributed by atoms with van der Waals surface area (Å²) >= 11 is 5.71. The molecule has 0 saturated carbocycles. The van der Waals surface area contributed by atoms with Gasteiger partial charge in [0.25, 0.3) is 17.5 Å². The van der Waals surface area contributed by atoms with Crippen molar-refractivity contribution >= 4 is 40.7 Å². The first-order valence-electron chi connectivity index (χ1n) is 7.20. The van der Waals surface area contributed by atoms with Crippen molar-refractivity contribution in [2.75, 3.05) is 11.9 Å². The number of anilines is 1. The maximum Gasteiger partial charge on any atom is 0.288 e. The van der Waals surface area contributed by atoms with Crippen LogP contribution in [0.3, 0.4) is 0 Å². The van der Waals surface area contributed by atoms with Gasteiger partial charge in [-0.3, -0.25) is 24.5 Å². The highest BCUT2D eigenvalue weighted by Crippen LogP contribution is 2.25. The van der Waals surface area contributed by atoms with E-state index in [-0.39, 0.29) is 28.4 Å². The molecule has 0 bridgehead atoms. The standard InChI is InChI=1S/C16H13ClN4O5/c17-12-6-3-10(7-13(12)21(25)26)16(24)20-11-4-1-9(2-5-11)15(23)19-8-14(18)22/h1-7H,8H2,(H2,18,22)(H,19,23)(H,20,24). The van der Waals surface area contributed by atoms with E-state index in [1.165, 1.54) is 36.4 Å². The first-order valence-corrected chi connectivity index (χ1v) is 7.57. The molecule has 10 heteroatoms. The summed E-state index contributed by atoms with van der Waals surface area (Å²) in [4.78, 5) is 44.8. The Morgan fingerprint density at radius 1 is 1.04 bits per heavy atom. The predicted molar refractivity (Wildman–Crippen MR) is 94.0 cm³/mol. The third-order valence-electron chi connectivity index (χ3n) is 3.23. The Labute approximate surface area is 152 Å². The zero-order chi connectivity index (χ0) is 19.3. The fourth-order valence-electron chi connectivity index (χ4n) is 1.97. The highest BCUT2D eigenvalue weighted by atomic mass is 35.5. The van der Waals surface area contributed by atoms with Crippen molar-refractivity contribution in [3.8, 4) is 0 Å². The molecule has 0 aliphatic rings. The lowest BCUT2D eigenvalue weighted by molar-refractivity contribution is -0.384. The number of nitrogens with zero attached hydrogens (tertiary/aromatic N) is 1. The van der Waals surface area contributed by atoms with Gasteiger partial charge in [-0.05, 0) is 36.4 Å². The zero-order valence-corrected chi connectivity index (χ0v) is 13.9. The Balaban J connectivity index is 2.08. The molecule has 4 N–H and O–H groups in total. The lowest BCUT2D eigenvalue weighted by Gasteiger charge is -2.07. The lowest BCUT2D eigenvalue weighted by Crippen LogP contribution is -2.33. The average Bonchev–Trinajstić information content (AvgIpc) is 2.60. The van der Waals surface area contributed by atoms with Crippen LogP contribution in [0.5, 0.6) is 0 Å². The third kappa shape index (κ3) is 4.77. The second-order valence-corrected chi connectivity index (χ2v) is 5.51. The summed E-state index contributed by atoms with van der Waals surface area (Å²) in [6, 6.07) is 9.52. The van der Waals surface area contributed by atoms with Crippen molar-refractivity contribution in [2.24, 2.45) is 5.73 Å². The van der Waals surface area contributed by atoms with Gasteiger partial charge >= 0.3 is 0 Å². The summed E-state index contributed by atoms with van der Waals surface area (Å²) in [5.74, 6) is -1.73. The number of amides is 3. The highest BCUT2D eigenvalue weighted by Gasteiger charge is 2.16. The van der Waals surface area contributed by atoms with Crippen molar-refractivity contribution < 1.29 is 19.3 Å². The number of carbonyl (C=O) groups excluding carboxylic acids is 3.